The Bertz CT molecular complexity index is 129. The first-order chi connectivity index (χ1) is 6.45. The monoisotopic (exact) mass is 218 g/mol. The maximum Gasteiger partial charge on any atom is 0.0630 e. The van der Waals surface area contributed by atoms with Crippen LogP contribution < -0.4 is 0 Å². The molecule has 14 heavy (non-hydrogen) atoms. The molecule has 1 atom stereocenters. The normalized spacial score (nSPS) is 14.4. The number of thioether (sulfide) groups is 1. The Hall–Kier alpha value is 0.310. The Kier molecular flexibility index (Phi) is 7.75. The Morgan fingerprint density at radius 3 is 2.29 bits per heavy atom. The predicted molar refractivity (Wildman–Crippen MR) is 67.0 cm³/mol. The Labute approximate surface area is 93.7 Å². The number of hydrogen-bond donors (Lipinski definition) is 1. The lowest BCUT2D eigenvalue weighted by atomic mass is 10.1. The van der Waals surface area contributed by atoms with E-state index in [-0.39, 0.29) is 10.9 Å². The minimum atomic E-state index is -0.101. The molecule has 0 radical (unpaired) electrons. The lowest BCUT2D eigenvalue weighted by Crippen LogP contribution is -2.16. The summed E-state index contributed by atoms with van der Waals surface area (Å²) in [7, 11) is 0. The molecule has 0 aliphatic carbocycles. The van der Waals surface area contributed by atoms with Crippen LogP contribution in [0.2, 0.25) is 0 Å². The average molecular weight is 218 g/mol. The van der Waals surface area contributed by atoms with Crippen LogP contribution in [0.15, 0.2) is 0 Å². The maximum atomic E-state index is 9.69. The van der Waals surface area contributed by atoms with E-state index in [4.69, 9.17) is 0 Å². The van der Waals surface area contributed by atoms with Crippen molar-refractivity contribution in [2.24, 2.45) is 0 Å². The summed E-state index contributed by atoms with van der Waals surface area (Å²) in [5, 5.41) is 9.69. The molecule has 0 saturated carbocycles. The van der Waals surface area contributed by atoms with Gasteiger partial charge in [0.15, 0.2) is 0 Å². The minimum absolute atomic E-state index is 0.101. The zero-order valence-corrected chi connectivity index (χ0v) is 11.0. The van der Waals surface area contributed by atoms with Crippen LogP contribution in [0, 0.1) is 0 Å². The van der Waals surface area contributed by atoms with Gasteiger partial charge in [0.25, 0.3) is 0 Å². The van der Waals surface area contributed by atoms with Crippen molar-refractivity contribution in [3.8, 4) is 0 Å². The first-order valence-corrected chi connectivity index (χ1v) is 6.76. The van der Waals surface area contributed by atoms with Gasteiger partial charge >= 0.3 is 0 Å². The van der Waals surface area contributed by atoms with Gasteiger partial charge in [-0.25, -0.2) is 0 Å². The van der Waals surface area contributed by atoms with Crippen LogP contribution in [-0.4, -0.2) is 21.7 Å². The summed E-state index contributed by atoms with van der Waals surface area (Å²) < 4.78 is 0.282. The van der Waals surface area contributed by atoms with Gasteiger partial charge in [-0.15, -0.1) is 0 Å². The second-order valence-electron chi connectivity index (χ2n) is 4.93. The van der Waals surface area contributed by atoms with E-state index in [9.17, 15) is 5.11 Å². The Morgan fingerprint density at radius 1 is 1.14 bits per heavy atom. The molecule has 0 rings (SSSR count). The molecule has 2 heteroatoms. The molecule has 0 amide bonds. The number of hydrogen-bond acceptors (Lipinski definition) is 2. The standard InChI is InChI=1S/C12H26OS/c1-5-6-7-8-9-11(13)10-14-12(2,3)4/h11,13H,5-10H2,1-4H3. The van der Waals surface area contributed by atoms with Crippen LogP contribution >= 0.6 is 11.8 Å². The molecule has 1 unspecified atom stereocenters. The fraction of sp³-hybridized carbons (Fsp3) is 1.00. The summed E-state index contributed by atoms with van der Waals surface area (Å²) in [6, 6.07) is 0. The van der Waals surface area contributed by atoms with E-state index in [0.717, 1.165) is 12.2 Å². The van der Waals surface area contributed by atoms with Gasteiger partial charge in [0.2, 0.25) is 0 Å². The molecule has 86 valence electrons. The van der Waals surface area contributed by atoms with E-state index in [1.165, 1.54) is 25.7 Å². The van der Waals surface area contributed by atoms with Crippen molar-refractivity contribution < 1.29 is 5.11 Å². The molecule has 0 aromatic rings. The summed E-state index contributed by atoms with van der Waals surface area (Å²) in [6.07, 6.45) is 5.90. The molecule has 0 saturated heterocycles. The number of aliphatic hydroxyl groups excluding tert-OH is 1. The molecular formula is C12H26OS. The highest BCUT2D eigenvalue weighted by Gasteiger charge is 2.13. The second-order valence-corrected chi connectivity index (χ2v) is 6.77. The first-order valence-electron chi connectivity index (χ1n) is 5.77. The van der Waals surface area contributed by atoms with Crippen LogP contribution in [0.1, 0.15) is 59.8 Å². The summed E-state index contributed by atoms with van der Waals surface area (Å²) in [4.78, 5) is 0. The lowest BCUT2D eigenvalue weighted by Gasteiger charge is -2.19. The summed E-state index contributed by atoms with van der Waals surface area (Å²) in [5.41, 5.74) is 0. The minimum Gasteiger partial charge on any atom is -0.392 e. The molecule has 0 bridgehead atoms. The Morgan fingerprint density at radius 2 is 1.79 bits per heavy atom. The van der Waals surface area contributed by atoms with Crippen LogP contribution in [0.25, 0.3) is 0 Å². The molecule has 0 heterocycles. The van der Waals surface area contributed by atoms with E-state index in [2.05, 4.69) is 27.7 Å². The van der Waals surface area contributed by atoms with Gasteiger partial charge in [0.05, 0.1) is 6.10 Å². The van der Waals surface area contributed by atoms with Crippen LogP contribution in [0.5, 0.6) is 0 Å². The van der Waals surface area contributed by atoms with Crippen molar-refractivity contribution in [1.29, 1.82) is 0 Å². The van der Waals surface area contributed by atoms with Gasteiger partial charge in [-0.2, -0.15) is 11.8 Å². The molecule has 1 N–H and O–H groups in total. The molecule has 1 nitrogen and oxygen atoms in total. The van der Waals surface area contributed by atoms with Gasteiger partial charge in [0, 0.05) is 10.5 Å². The van der Waals surface area contributed by atoms with Gasteiger partial charge in [0.1, 0.15) is 0 Å². The quantitative estimate of drug-likeness (QED) is 0.655. The predicted octanol–water partition coefficient (Wildman–Crippen LogP) is 3.85. The van der Waals surface area contributed by atoms with Gasteiger partial charge in [-0.1, -0.05) is 53.4 Å². The van der Waals surface area contributed by atoms with E-state index >= 15 is 0 Å². The number of unbranched alkanes of at least 4 members (excludes halogenated alkanes) is 3. The van der Waals surface area contributed by atoms with E-state index in [0.29, 0.717) is 0 Å². The van der Waals surface area contributed by atoms with Crippen molar-refractivity contribution in [3.63, 3.8) is 0 Å². The first kappa shape index (κ1) is 14.3. The highest BCUT2D eigenvalue weighted by Crippen LogP contribution is 2.24. The lowest BCUT2D eigenvalue weighted by molar-refractivity contribution is 0.184. The molecule has 0 fully saturated rings. The largest absolute Gasteiger partial charge is 0.392 e. The fourth-order valence-corrected chi connectivity index (χ4v) is 2.10. The second kappa shape index (κ2) is 7.58. The fourth-order valence-electron chi connectivity index (χ4n) is 1.24. The highest BCUT2D eigenvalue weighted by atomic mass is 32.2. The number of aliphatic hydroxyl groups is 1. The van der Waals surface area contributed by atoms with E-state index < -0.39 is 0 Å². The van der Waals surface area contributed by atoms with E-state index in [1.807, 2.05) is 11.8 Å². The number of rotatable bonds is 7. The van der Waals surface area contributed by atoms with Crippen LogP contribution in [0.3, 0.4) is 0 Å². The third-order valence-electron chi connectivity index (χ3n) is 2.10. The average Bonchev–Trinajstić information content (AvgIpc) is 2.08. The van der Waals surface area contributed by atoms with Crippen molar-refractivity contribution in [3.05, 3.63) is 0 Å². The van der Waals surface area contributed by atoms with Crippen LogP contribution in [0.4, 0.5) is 0 Å². The van der Waals surface area contributed by atoms with Gasteiger partial charge < -0.3 is 5.11 Å². The van der Waals surface area contributed by atoms with Crippen LogP contribution in [-0.2, 0) is 0 Å². The molecule has 0 aromatic carbocycles. The summed E-state index contributed by atoms with van der Waals surface area (Å²) in [6.45, 7) is 8.80. The van der Waals surface area contributed by atoms with Gasteiger partial charge in [-0.05, 0) is 6.42 Å². The zero-order valence-electron chi connectivity index (χ0n) is 10.2. The molecule has 0 spiro atoms. The van der Waals surface area contributed by atoms with Gasteiger partial charge in [-0.3, -0.25) is 0 Å². The summed E-state index contributed by atoms with van der Waals surface area (Å²) in [5.74, 6) is 0.885. The maximum absolute atomic E-state index is 9.69. The third kappa shape index (κ3) is 10.4. The Balaban J connectivity index is 3.32. The van der Waals surface area contributed by atoms with E-state index in [1.54, 1.807) is 0 Å². The van der Waals surface area contributed by atoms with Crippen molar-refractivity contribution in [2.75, 3.05) is 5.75 Å². The third-order valence-corrected chi connectivity index (χ3v) is 3.52. The van der Waals surface area contributed by atoms with Crippen molar-refractivity contribution in [2.45, 2.75) is 70.7 Å². The zero-order chi connectivity index (χ0) is 11.0. The molecule has 0 aromatic heterocycles. The highest BCUT2D eigenvalue weighted by molar-refractivity contribution is 8.00. The molecular weight excluding hydrogens is 192 g/mol. The van der Waals surface area contributed by atoms with Crippen molar-refractivity contribution >= 4 is 11.8 Å². The topological polar surface area (TPSA) is 20.2 Å². The SMILES string of the molecule is CCCCCCC(O)CSC(C)(C)C. The smallest absolute Gasteiger partial charge is 0.0630 e. The summed E-state index contributed by atoms with van der Waals surface area (Å²) >= 11 is 1.86. The molecule has 0 aliphatic rings. The van der Waals surface area contributed by atoms with Crippen molar-refractivity contribution in [1.82, 2.24) is 0 Å². The molecule has 0 aliphatic heterocycles.